The zero-order chi connectivity index (χ0) is 17.0. The minimum Gasteiger partial charge on any atom is -0.733 e. The summed E-state index contributed by atoms with van der Waals surface area (Å²) in [6.07, 6.45) is 3.18. The fourth-order valence-corrected chi connectivity index (χ4v) is 2.10. The third-order valence-electron chi connectivity index (χ3n) is 3.20. The molecule has 9 nitrogen and oxygen atoms in total. The second kappa shape index (κ2) is 6.97. The van der Waals surface area contributed by atoms with Crippen molar-refractivity contribution in [2.45, 2.75) is 45.3 Å². The molecule has 1 N–H and O–H groups in total. The van der Waals surface area contributed by atoms with E-state index in [2.05, 4.69) is 9.97 Å². The lowest BCUT2D eigenvalue weighted by atomic mass is 10.1. The van der Waals surface area contributed by atoms with Gasteiger partial charge in [0.2, 0.25) is 0 Å². The van der Waals surface area contributed by atoms with Crippen LogP contribution in [0.15, 0.2) is 12.4 Å². The van der Waals surface area contributed by atoms with Gasteiger partial charge in [-0.05, 0) is 20.8 Å². The largest absolute Gasteiger partial charge is 0.733 e. The molecule has 2 rings (SSSR count). The molecule has 0 radical (unpaired) electrons. The van der Waals surface area contributed by atoms with Crippen molar-refractivity contribution in [3.05, 3.63) is 17.6 Å². The van der Waals surface area contributed by atoms with E-state index in [1.54, 1.807) is 4.90 Å². The van der Waals surface area contributed by atoms with Crippen molar-refractivity contribution in [2.24, 2.45) is 0 Å². The summed E-state index contributed by atoms with van der Waals surface area (Å²) in [7, 11) is 0. The molecule has 0 saturated carbocycles. The van der Waals surface area contributed by atoms with Crippen molar-refractivity contribution in [1.29, 1.82) is 0 Å². The van der Waals surface area contributed by atoms with Gasteiger partial charge in [-0.15, -0.1) is 0 Å². The van der Waals surface area contributed by atoms with Crippen LogP contribution in [0.25, 0.3) is 0 Å². The van der Waals surface area contributed by atoms with Crippen molar-refractivity contribution in [1.82, 2.24) is 14.9 Å². The highest BCUT2D eigenvalue weighted by atomic mass is 16.8. The van der Waals surface area contributed by atoms with Crippen molar-refractivity contribution in [2.75, 3.05) is 18.3 Å². The van der Waals surface area contributed by atoms with E-state index in [9.17, 15) is 10.0 Å². The average Bonchev–Trinajstić information content (AvgIpc) is 2.46. The van der Waals surface area contributed by atoms with Crippen LogP contribution >= 0.6 is 0 Å². The summed E-state index contributed by atoms with van der Waals surface area (Å²) in [5, 5.41) is 19.0. The lowest BCUT2D eigenvalue weighted by Gasteiger charge is -2.33. The summed E-state index contributed by atoms with van der Waals surface area (Å²) in [6.45, 7) is 6.55. The fourth-order valence-electron chi connectivity index (χ4n) is 2.10. The van der Waals surface area contributed by atoms with Crippen LogP contribution in [0.3, 0.4) is 0 Å². The van der Waals surface area contributed by atoms with E-state index in [0.717, 1.165) is 0 Å². The van der Waals surface area contributed by atoms with E-state index >= 15 is 0 Å². The van der Waals surface area contributed by atoms with Crippen molar-refractivity contribution in [3.8, 4) is 6.01 Å². The number of amides is 1. The van der Waals surface area contributed by atoms with Crippen LogP contribution in [0.1, 0.15) is 33.6 Å². The van der Waals surface area contributed by atoms with Gasteiger partial charge < -0.3 is 24.8 Å². The number of nitrogens with zero attached hydrogens (tertiary/aromatic N) is 4. The first-order chi connectivity index (χ1) is 10.7. The second-order valence-electron chi connectivity index (χ2n) is 6.28. The summed E-state index contributed by atoms with van der Waals surface area (Å²) < 4.78 is 10.9. The number of anilines is 1. The Balaban J connectivity index is 1.81. The monoisotopic (exact) mass is 325 g/mol. The number of carbonyl (C=O) groups excluding carboxylic acids is 1. The van der Waals surface area contributed by atoms with Gasteiger partial charge in [-0.1, -0.05) is 0 Å². The molecule has 1 fully saturated rings. The third kappa shape index (κ3) is 5.22. The summed E-state index contributed by atoms with van der Waals surface area (Å²) in [4.78, 5) is 21.3. The lowest BCUT2D eigenvalue weighted by Crippen LogP contribution is -2.44. The van der Waals surface area contributed by atoms with Crippen LogP contribution in [-0.2, 0) is 4.74 Å². The maximum absolute atomic E-state index is 12.0. The highest BCUT2D eigenvalue weighted by molar-refractivity contribution is 5.68. The molecule has 0 spiro atoms. The van der Waals surface area contributed by atoms with Crippen LogP contribution in [0.4, 0.5) is 10.5 Å². The SMILES string of the molecule is CC(C)(C)OC(=O)N1CCC(Oc2ncc(N([O-])O)cn2)CC1. The smallest absolute Gasteiger partial charge is 0.410 e. The molecule has 1 saturated heterocycles. The molecule has 0 aromatic carbocycles. The van der Waals surface area contributed by atoms with Gasteiger partial charge in [0.25, 0.3) is 0 Å². The molecule has 1 aliphatic heterocycles. The quantitative estimate of drug-likeness (QED) is 0.839. The predicted molar refractivity (Wildman–Crippen MR) is 81.1 cm³/mol. The highest BCUT2D eigenvalue weighted by Gasteiger charge is 2.27. The van der Waals surface area contributed by atoms with E-state index in [4.69, 9.17) is 14.7 Å². The molecule has 0 atom stereocenters. The number of piperidine rings is 1. The number of hydrogen-bond acceptors (Lipinski definition) is 8. The van der Waals surface area contributed by atoms with Crippen LogP contribution in [0, 0.1) is 5.21 Å². The van der Waals surface area contributed by atoms with E-state index in [1.165, 1.54) is 12.4 Å². The molecule has 1 aromatic rings. The second-order valence-corrected chi connectivity index (χ2v) is 6.28. The topological polar surface area (TPSA) is 111 Å². The Kier molecular flexibility index (Phi) is 5.22. The zero-order valence-corrected chi connectivity index (χ0v) is 13.4. The summed E-state index contributed by atoms with van der Waals surface area (Å²) >= 11 is 0. The van der Waals surface area contributed by atoms with E-state index in [1.807, 2.05) is 20.8 Å². The lowest BCUT2D eigenvalue weighted by molar-refractivity contribution is 0.0119. The maximum atomic E-state index is 12.0. The number of carbonyl (C=O) groups is 1. The third-order valence-corrected chi connectivity index (χ3v) is 3.20. The molecule has 0 bridgehead atoms. The molecule has 1 aliphatic rings. The Bertz CT molecular complexity index is 521. The van der Waals surface area contributed by atoms with Gasteiger partial charge >= 0.3 is 12.1 Å². The van der Waals surface area contributed by atoms with Crippen LogP contribution in [-0.4, -0.2) is 51.0 Å². The number of aromatic nitrogens is 2. The zero-order valence-electron chi connectivity index (χ0n) is 13.4. The van der Waals surface area contributed by atoms with E-state index in [0.29, 0.717) is 25.9 Å². The number of rotatable bonds is 3. The number of ether oxygens (including phenoxy) is 2. The normalized spacial score (nSPS) is 16.1. The molecule has 2 heterocycles. The van der Waals surface area contributed by atoms with Gasteiger partial charge in [-0.25, -0.2) is 14.8 Å². The Morgan fingerprint density at radius 3 is 2.39 bits per heavy atom. The van der Waals surface area contributed by atoms with Gasteiger partial charge in [0.15, 0.2) is 0 Å². The predicted octanol–water partition coefficient (Wildman–Crippen LogP) is 1.95. The van der Waals surface area contributed by atoms with Crippen LogP contribution in [0.5, 0.6) is 6.01 Å². The van der Waals surface area contributed by atoms with Crippen LogP contribution < -0.4 is 9.96 Å². The van der Waals surface area contributed by atoms with Gasteiger partial charge in [0.1, 0.15) is 11.7 Å². The molecular formula is C14H21N4O5-. The Labute approximate surface area is 134 Å². The van der Waals surface area contributed by atoms with E-state index < -0.39 is 5.60 Å². The van der Waals surface area contributed by atoms with Gasteiger partial charge in [-0.3, -0.25) is 5.21 Å². The number of likely N-dealkylation sites (tertiary alicyclic amines) is 1. The molecule has 128 valence electrons. The van der Waals surface area contributed by atoms with Gasteiger partial charge in [0.05, 0.1) is 18.1 Å². The molecule has 1 amide bonds. The van der Waals surface area contributed by atoms with Gasteiger partial charge in [-0.2, -0.15) is 0 Å². The maximum Gasteiger partial charge on any atom is 0.410 e. The molecule has 0 unspecified atom stereocenters. The summed E-state index contributed by atoms with van der Waals surface area (Å²) in [6, 6.07) is 0.131. The first kappa shape index (κ1) is 17.2. The van der Waals surface area contributed by atoms with Crippen molar-refractivity contribution < 1.29 is 19.5 Å². The molecular weight excluding hydrogens is 304 g/mol. The standard InChI is InChI=1S/C14H21N4O5/c1-14(2,3)23-13(19)17-6-4-11(5-7-17)22-12-15-8-10(9-16-12)18(20)21/h8-9,11,20H,4-7H2,1-3H3/q-1. The Morgan fingerprint density at radius 1 is 1.35 bits per heavy atom. The van der Waals surface area contributed by atoms with Crippen LogP contribution in [0.2, 0.25) is 0 Å². The van der Waals surface area contributed by atoms with Crippen molar-refractivity contribution >= 4 is 11.8 Å². The van der Waals surface area contributed by atoms with Gasteiger partial charge in [0, 0.05) is 25.9 Å². The Morgan fingerprint density at radius 2 is 1.91 bits per heavy atom. The fraction of sp³-hybridized carbons (Fsp3) is 0.643. The molecule has 0 aliphatic carbocycles. The van der Waals surface area contributed by atoms with Crippen molar-refractivity contribution in [3.63, 3.8) is 0 Å². The highest BCUT2D eigenvalue weighted by Crippen LogP contribution is 2.19. The molecule has 23 heavy (non-hydrogen) atoms. The van der Waals surface area contributed by atoms with E-state index in [-0.39, 0.29) is 29.1 Å². The summed E-state index contributed by atoms with van der Waals surface area (Å²) in [5.41, 5.74) is -0.584. The number of hydrogen-bond donors (Lipinski definition) is 1. The summed E-state index contributed by atoms with van der Waals surface area (Å²) in [5.74, 6) is 0. The first-order valence-corrected chi connectivity index (χ1v) is 7.37. The average molecular weight is 325 g/mol. The minimum absolute atomic E-state index is 0.0721. The molecule has 1 aromatic heterocycles. The minimum atomic E-state index is -0.512. The first-order valence-electron chi connectivity index (χ1n) is 7.37. The Hall–Kier alpha value is -2.13. The molecule has 9 heteroatoms.